The number of hydrogen-bond donors (Lipinski definition) is 1. The summed E-state index contributed by atoms with van der Waals surface area (Å²) in [6.07, 6.45) is 1.69. The molecule has 0 saturated carbocycles. The Kier molecular flexibility index (Phi) is 10.3. The van der Waals surface area contributed by atoms with E-state index in [1.54, 1.807) is 12.1 Å². The van der Waals surface area contributed by atoms with Gasteiger partial charge < -0.3 is 15.4 Å². The van der Waals surface area contributed by atoms with Gasteiger partial charge in [-0.1, -0.05) is 17.7 Å². The highest BCUT2D eigenvalue weighted by molar-refractivity contribution is 6.31. The molecule has 5 nitrogen and oxygen atoms in total. The van der Waals surface area contributed by atoms with Crippen molar-refractivity contribution in [1.29, 1.82) is 0 Å². The molecule has 1 aromatic rings. The second-order valence-corrected chi connectivity index (χ2v) is 7.18. The molecule has 9 heteroatoms. The van der Waals surface area contributed by atoms with Crippen molar-refractivity contribution < 1.29 is 13.9 Å². The third-order valence-electron chi connectivity index (χ3n) is 5.19. The average Bonchev–Trinajstić information content (AvgIpc) is 2.65. The van der Waals surface area contributed by atoms with Gasteiger partial charge in [0.1, 0.15) is 5.82 Å². The predicted octanol–water partition coefficient (Wildman–Crippen LogP) is 2.72. The molecule has 1 aromatic carbocycles. The molecule has 2 aliphatic rings. The molecule has 2 aliphatic heterocycles. The van der Waals surface area contributed by atoms with Crippen LogP contribution >= 0.6 is 36.4 Å². The van der Waals surface area contributed by atoms with Crippen molar-refractivity contribution >= 4 is 42.3 Å². The standard InChI is InChI=1S/C18H25ClFN3O2.2ClH/c19-15-2-1-3-16(20)14(15)12-22-6-8-23(9-7-22)18(24)17(21)13-4-10-25-11-5-13;;/h1-3,13,17H,4-12,21H2;2*1H. The van der Waals surface area contributed by atoms with E-state index < -0.39 is 6.04 Å². The van der Waals surface area contributed by atoms with Crippen molar-refractivity contribution in [3.05, 3.63) is 34.6 Å². The molecule has 0 aliphatic carbocycles. The minimum absolute atomic E-state index is 0. The molecule has 0 spiro atoms. The maximum Gasteiger partial charge on any atom is 0.239 e. The Bertz CT molecular complexity index is 589. The molecule has 2 fully saturated rings. The van der Waals surface area contributed by atoms with Crippen LogP contribution in [0.1, 0.15) is 18.4 Å². The molecule has 0 aromatic heterocycles. The lowest BCUT2D eigenvalue weighted by Crippen LogP contribution is -2.55. The number of amides is 1. The molecule has 1 amide bonds. The first-order chi connectivity index (χ1) is 12.1. The zero-order valence-corrected chi connectivity index (χ0v) is 17.5. The summed E-state index contributed by atoms with van der Waals surface area (Å²) < 4.78 is 19.3. The zero-order chi connectivity index (χ0) is 17.8. The molecular weight excluding hydrogens is 416 g/mol. The summed E-state index contributed by atoms with van der Waals surface area (Å²) >= 11 is 6.10. The van der Waals surface area contributed by atoms with Crippen molar-refractivity contribution in [2.24, 2.45) is 11.7 Å². The lowest BCUT2D eigenvalue weighted by Gasteiger charge is -2.37. The fraction of sp³-hybridized carbons (Fsp3) is 0.611. The number of nitrogens with two attached hydrogens (primary N) is 1. The van der Waals surface area contributed by atoms with Crippen LogP contribution in [0.5, 0.6) is 0 Å². The number of halogens is 4. The largest absolute Gasteiger partial charge is 0.381 e. The summed E-state index contributed by atoms with van der Waals surface area (Å²) in [5.74, 6) is -0.0560. The van der Waals surface area contributed by atoms with Crippen molar-refractivity contribution in [2.75, 3.05) is 39.4 Å². The van der Waals surface area contributed by atoms with Crippen molar-refractivity contribution in [3.63, 3.8) is 0 Å². The van der Waals surface area contributed by atoms with Crippen LogP contribution in [0.2, 0.25) is 5.02 Å². The number of carbonyl (C=O) groups excluding carboxylic acids is 1. The highest BCUT2D eigenvalue weighted by atomic mass is 35.5. The number of rotatable bonds is 4. The maximum absolute atomic E-state index is 13.9. The summed E-state index contributed by atoms with van der Waals surface area (Å²) in [5.41, 5.74) is 6.71. The first-order valence-electron chi connectivity index (χ1n) is 8.83. The Balaban J connectivity index is 0.00000182. The van der Waals surface area contributed by atoms with Crippen LogP contribution in [0.4, 0.5) is 4.39 Å². The normalized spacial score (nSPS) is 19.7. The monoisotopic (exact) mass is 441 g/mol. The first-order valence-corrected chi connectivity index (χ1v) is 9.21. The Labute approximate surface area is 177 Å². The quantitative estimate of drug-likeness (QED) is 0.779. The van der Waals surface area contributed by atoms with Gasteiger partial charge in [0.05, 0.1) is 6.04 Å². The number of benzene rings is 1. The van der Waals surface area contributed by atoms with Crippen LogP contribution < -0.4 is 5.73 Å². The zero-order valence-electron chi connectivity index (χ0n) is 15.1. The lowest BCUT2D eigenvalue weighted by molar-refractivity contribution is -0.136. The average molecular weight is 443 g/mol. The first kappa shape index (κ1) is 24.4. The van der Waals surface area contributed by atoms with Crippen molar-refractivity contribution in [1.82, 2.24) is 9.80 Å². The van der Waals surface area contributed by atoms with Gasteiger partial charge in [-0.2, -0.15) is 0 Å². The lowest BCUT2D eigenvalue weighted by atomic mass is 9.91. The van der Waals surface area contributed by atoms with Crippen molar-refractivity contribution in [3.8, 4) is 0 Å². The highest BCUT2D eigenvalue weighted by Gasteiger charge is 2.31. The summed E-state index contributed by atoms with van der Waals surface area (Å²) in [6, 6.07) is 4.28. The van der Waals surface area contributed by atoms with Gasteiger partial charge in [-0.3, -0.25) is 9.69 Å². The second-order valence-electron chi connectivity index (χ2n) is 6.78. The van der Waals surface area contributed by atoms with Crippen LogP contribution in [-0.4, -0.2) is 61.1 Å². The molecule has 3 rings (SSSR count). The van der Waals surface area contributed by atoms with E-state index in [1.165, 1.54) is 6.07 Å². The number of ether oxygens (including phenoxy) is 1. The number of hydrogen-bond acceptors (Lipinski definition) is 4. The smallest absolute Gasteiger partial charge is 0.239 e. The summed E-state index contributed by atoms with van der Waals surface area (Å²) in [5, 5.41) is 0.444. The van der Waals surface area contributed by atoms with Gasteiger partial charge in [0, 0.05) is 56.5 Å². The molecule has 27 heavy (non-hydrogen) atoms. The van der Waals surface area contributed by atoms with Crippen LogP contribution in [0.3, 0.4) is 0 Å². The summed E-state index contributed by atoms with van der Waals surface area (Å²) in [6.45, 7) is 4.43. The van der Waals surface area contributed by atoms with Crippen LogP contribution in [0, 0.1) is 11.7 Å². The molecule has 1 unspecified atom stereocenters. The van der Waals surface area contributed by atoms with Gasteiger partial charge in [0.25, 0.3) is 0 Å². The van der Waals surface area contributed by atoms with E-state index >= 15 is 0 Å². The van der Waals surface area contributed by atoms with Crippen LogP contribution in [0.25, 0.3) is 0 Å². The molecule has 2 saturated heterocycles. The summed E-state index contributed by atoms with van der Waals surface area (Å²) in [4.78, 5) is 16.6. The fourth-order valence-electron chi connectivity index (χ4n) is 3.52. The van der Waals surface area contributed by atoms with Gasteiger partial charge in [0.15, 0.2) is 0 Å². The van der Waals surface area contributed by atoms with E-state index in [2.05, 4.69) is 4.90 Å². The van der Waals surface area contributed by atoms with Crippen molar-refractivity contribution in [2.45, 2.75) is 25.4 Å². The van der Waals surface area contributed by atoms with Gasteiger partial charge >= 0.3 is 0 Å². The van der Waals surface area contributed by atoms with E-state index in [-0.39, 0.29) is 42.5 Å². The van der Waals surface area contributed by atoms with Crippen LogP contribution in [-0.2, 0) is 16.1 Å². The molecular formula is C18H27Cl3FN3O2. The minimum atomic E-state index is -0.448. The van der Waals surface area contributed by atoms with E-state index in [0.717, 1.165) is 12.8 Å². The molecule has 2 heterocycles. The molecule has 0 radical (unpaired) electrons. The van der Waals surface area contributed by atoms with Gasteiger partial charge in [0.2, 0.25) is 5.91 Å². The van der Waals surface area contributed by atoms with Crippen LogP contribution in [0.15, 0.2) is 18.2 Å². The number of carbonyl (C=O) groups is 1. The Morgan fingerprint density at radius 3 is 2.44 bits per heavy atom. The molecule has 0 bridgehead atoms. The second kappa shape index (κ2) is 11.4. The predicted molar refractivity (Wildman–Crippen MR) is 109 cm³/mol. The minimum Gasteiger partial charge on any atom is -0.381 e. The number of nitrogens with zero attached hydrogens (tertiary/aromatic N) is 2. The Morgan fingerprint density at radius 1 is 1.22 bits per heavy atom. The van der Waals surface area contributed by atoms with E-state index in [9.17, 15) is 9.18 Å². The van der Waals surface area contributed by atoms with E-state index in [1.807, 2.05) is 4.90 Å². The SMILES string of the molecule is Cl.Cl.NC(C(=O)N1CCN(Cc2c(F)cccc2Cl)CC1)C1CCOCC1. The van der Waals surface area contributed by atoms with E-state index in [0.29, 0.717) is 56.5 Å². The Hall–Kier alpha value is -0.630. The maximum atomic E-state index is 13.9. The molecule has 154 valence electrons. The molecule has 2 N–H and O–H groups in total. The van der Waals surface area contributed by atoms with Gasteiger partial charge in [-0.15, -0.1) is 24.8 Å². The number of piperazine rings is 1. The van der Waals surface area contributed by atoms with E-state index in [4.69, 9.17) is 22.1 Å². The molecule has 1 atom stereocenters. The Morgan fingerprint density at radius 2 is 1.85 bits per heavy atom. The topological polar surface area (TPSA) is 58.8 Å². The highest BCUT2D eigenvalue weighted by Crippen LogP contribution is 2.22. The third-order valence-corrected chi connectivity index (χ3v) is 5.54. The fourth-order valence-corrected chi connectivity index (χ4v) is 3.74. The summed E-state index contributed by atoms with van der Waals surface area (Å²) in [7, 11) is 0. The van der Waals surface area contributed by atoms with Gasteiger partial charge in [-0.05, 0) is 30.9 Å². The third kappa shape index (κ3) is 6.17. The van der Waals surface area contributed by atoms with Gasteiger partial charge in [-0.25, -0.2) is 4.39 Å².